The quantitative estimate of drug-likeness (QED) is 0.631. The third kappa shape index (κ3) is 2.03. The lowest BCUT2D eigenvalue weighted by molar-refractivity contribution is 1.43. The summed E-state index contributed by atoms with van der Waals surface area (Å²) in [5, 5.41) is 0. The maximum atomic E-state index is 3.33. The van der Waals surface area contributed by atoms with Crippen LogP contribution in [0.2, 0.25) is 0 Å². The summed E-state index contributed by atoms with van der Waals surface area (Å²) < 4.78 is 1.02. The van der Waals surface area contributed by atoms with Crippen LogP contribution >= 0.6 is 27.7 Å². The molecule has 1 radical (unpaired) electrons. The summed E-state index contributed by atoms with van der Waals surface area (Å²) >= 11 is 5.07. The van der Waals surface area contributed by atoms with Gasteiger partial charge in [0.1, 0.15) is 0 Å². The number of thioether (sulfide) groups is 1. The molecule has 2 heteroatoms. The van der Waals surface area contributed by atoms with Gasteiger partial charge in [0.05, 0.1) is 0 Å². The van der Waals surface area contributed by atoms with E-state index in [2.05, 4.69) is 28.3 Å². The van der Waals surface area contributed by atoms with Crippen molar-refractivity contribution in [2.45, 2.75) is 4.90 Å². The molecular formula is C7H6BrS. The maximum Gasteiger partial charge on any atom is 0.0265 e. The second-order valence-electron chi connectivity index (χ2n) is 1.58. The molecule has 0 spiro atoms. The lowest BCUT2D eigenvalue weighted by Crippen LogP contribution is -1.67. The molecule has 0 amide bonds. The van der Waals surface area contributed by atoms with E-state index in [1.165, 1.54) is 4.90 Å². The van der Waals surface area contributed by atoms with Gasteiger partial charge in [0, 0.05) is 9.37 Å². The molecule has 1 rings (SSSR count). The number of rotatable bonds is 1. The summed E-state index contributed by atoms with van der Waals surface area (Å²) in [4.78, 5) is 1.26. The smallest absolute Gasteiger partial charge is 0.0265 e. The Morgan fingerprint density at radius 1 is 1.67 bits per heavy atom. The van der Waals surface area contributed by atoms with Crippen LogP contribution in [0.15, 0.2) is 27.6 Å². The lowest BCUT2D eigenvalue weighted by Gasteiger charge is -1.93. The van der Waals surface area contributed by atoms with Crippen molar-refractivity contribution in [3.05, 3.63) is 28.7 Å². The van der Waals surface area contributed by atoms with Crippen molar-refractivity contribution in [1.29, 1.82) is 0 Å². The van der Waals surface area contributed by atoms with Crippen molar-refractivity contribution >= 4 is 27.7 Å². The molecule has 1 aromatic rings. The number of benzene rings is 1. The van der Waals surface area contributed by atoms with Gasteiger partial charge < -0.3 is 0 Å². The van der Waals surface area contributed by atoms with Gasteiger partial charge in [0.2, 0.25) is 0 Å². The second-order valence-corrected chi connectivity index (χ2v) is 3.31. The van der Waals surface area contributed by atoms with Gasteiger partial charge >= 0.3 is 0 Å². The Hall–Kier alpha value is 0.0500. The number of hydrogen-bond acceptors (Lipinski definition) is 1. The Labute approximate surface area is 67.8 Å². The van der Waals surface area contributed by atoms with E-state index in [1.807, 2.05) is 18.2 Å². The largest absolute Gasteiger partial charge is 0.130 e. The van der Waals surface area contributed by atoms with E-state index in [9.17, 15) is 0 Å². The molecule has 0 saturated heterocycles. The molecule has 0 aromatic heterocycles. The van der Waals surface area contributed by atoms with Gasteiger partial charge in [0.25, 0.3) is 0 Å². The Bertz CT molecular complexity index is 198. The van der Waals surface area contributed by atoms with Crippen molar-refractivity contribution in [2.75, 3.05) is 6.26 Å². The van der Waals surface area contributed by atoms with Crippen LogP contribution < -0.4 is 0 Å². The molecule has 1 aromatic carbocycles. The van der Waals surface area contributed by atoms with E-state index in [0.717, 1.165) is 4.47 Å². The van der Waals surface area contributed by atoms with Crippen LogP contribution in [0.1, 0.15) is 0 Å². The zero-order valence-corrected chi connectivity index (χ0v) is 7.42. The monoisotopic (exact) mass is 201 g/mol. The molecule has 0 heterocycles. The molecule has 47 valence electrons. The highest BCUT2D eigenvalue weighted by atomic mass is 79.9. The van der Waals surface area contributed by atoms with Crippen LogP contribution in [0.4, 0.5) is 0 Å². The van der Waals surface area contributed by atoms with Crippen molar-refractivity contribution < 1.29 is 0 Å². The molecule has 0 saturated carbocycles. The van der Waals surface area contributed by atoms with Gasteiger partial charge in [-0.25, -0.2) is 0 Å². The van der Waals surface area contributed by atoms with Gasteiger partial charge in [-0.1, -0.05) is 22.0 Å². The fraction of sp³-hybridized carbons (Fsp3) is 0.143. The third-order valence-corrected chi connectivity index (χ3v) is 2.16. The minimum atomic E-state index is 1.02. The lowest BCUT2D eigenvalue weighted by atomic mass is 10.4. The Morgan fingerprint density at radius 3 is 2.89 bits per heavy atom. The summed E-state index contributed by atoms with van der Waals surface area (Å²) in [6.07, 6.45) is 2.06. The normalized spacial score (nSPS) is 9.56. The topological polar surface area (TPSA) is 0 Å². The summed E-state index contributed by atoms with van der Waals surface area (Å²) in [5.74, 6) is 0. The van der Waals surface area contributed by atoms with E-state index in [4.69, 9.17) is 0 Å². The molecule has 9 heavy (non-hydrogen) atoms. The first-order valence-electron chi connectivity index (χ1n) is 2.54. The fourth-order valence-corrected chi connectivity index (χ4v) is 1.52. The van der Waals surface area contributed by atoms with Gasteiger partial charge in [-0.3, -0.25) is 0 Å². The van der Waals surface area contributed by atoms with Gasteiger partial charge in [0.15, 0.2) is 0 Å². The minimum Gasteiger partial charge on any atom is -0.130 e. The molecule has 0 unspecified atom stereocenters. The standard InChI is InChI=1S/C7H6BrS/c1-9-7-4-2-3-6(8)5-7/h2,4-5H,1H3. The zero-order valence-electron chi connectivity index (χ0n) is 5.02. The van der Waals surface area contributed by atoms with E-state index in [-0.39, 0.29) is 0 Å². The molecule has 0 aliphatic carbocycles. The van der Waals surface area contributed by atoms with Crippen LogP contribution in [0.25, 0.3) is 0 Å². The third-order valence-electron chi connectivity index (χ3n) is 0.974. The highest BCUT2D eigenvalue weighted by Crippen LogP contribution is 2.18. The summed E-state index contributed by atoms with van der Waals surface area (Å²) in [7, 11) is 0. The van der Waals surface area contributed by atoms with Crippen molar-refractivity contribution in [2.24, 2.45) is 0 Å². The first kappa shape index (κ1) is 7.16. The average molecular weight is 202 g/mol. The molecule has 0 fully saturated rings. The summed E-state index contributed by atoms with van der Waals surface area (Å²) in [6.45, 7) is 0. The van der Waals surface area contributed by atoms with Crippen molar-refractivity contribution in [1.82, 2.24) is 0 Å². The van der Waals surface area contributed by atoms with E-state index in [0.29, 0.717) is 0 Å². The molecular weight excluding hydrogens is 196 g/mol. The molecule has 0 aliphatic rings. The number of halogens is 1. The highest BCUT2D eigenvalue weighted by Gasteiger charge is 1.88. The first-order valence-corrected chi connectivity index (χ1v) is 4.56. The maximum absolute atomic E-state index is 3.33. The number of hydrogen-bond donors (Lipinski definition) is 0. The summed E-state index contributed by atoms with van der Waals surface area (Å²) in [5.41, 5.74) is 0. The minimum absolute atomic E-state index is 1.02. The summed E-state index contributed by atoms with van der Waals surface area (Å²) in [6, 6.07) is 9.01. The molecule has 0 aliphatic heterocycles. The molecule has 0 atom stereocenters. The Kier molecular flexibility index (Phi) is 2.61. The predicted octanol–water partition coefficient (Wildman–Crippen LogP) is 2.97. The molecule has 0 bridgehead atoms. The van der Waals surface area contributed by atoms with E-state index >= 15 is 0 Å². The van der Waals surface area contributed by atoms with Gasteiger partial charge in [-0.2, -0.15) is 0 Å². The molecule has 0 nitrogen and oxygen atoms in total. The average Bonchev–Trinajstić information content (AvgIpc) is 1.88. The Balaban J connectivity index is 2.94. The van der Waals surface area contributed by atoms with Crippen molar-refractivity contribution in [3.63, 3.8) is 0 Å². The Morgan fingerprint density at radius 2 is 2.44 bits per heavy atom. The molecule has 0 N–H and O–H groups in total. The highest BCUT2D eigenvalue weighted by molar-refractivity contribution is 9.10. The van der Waals surface area contributed by atoms with Crippen molar-refractivity contribution in [3.8, 4) is 0 Å². The fourth-order valence-electron chi connectivity index (χ4n) is 0.545. The van der Waals surface area contributed by atoms with E-state index < -0.39 is 0 Å². The zero-order chi connectivity index (χ0) is 6.69. The second kappa shape index (κ2) is 3.28. The van der Waals surface area contributed by atoms with Crippen LogP contribution in [-0.4, -0.2) is 6.26 Å². The first-order chi connectivity index (χ1) is 4.33. The van der Waals surface area contributed by atoms with E-state index in [1.54, 1.807) is 11.8 Å². The van der Waals surface area contributed by atoms with Gasteiger partial charge in [-0.15, -0.1) is 11.8 Å². The predicted molar refractivity (Wildman–Crippen MR) is 44.8 cm³/mol. The van der Waals surface area contributed by atoms with Crippen LogP contribution in [0.3, 0.4) is 0 Å². The van der Waals surface area contributed by atoms with Crippen LogP contribution in [0.5, 0.6) is 0 Å². The SMILES string of the molecule is CSc1cc[c]c(Br)c1. The van der Waals surface area contributed by atoms with Crippen LogP contribution in [0, 0.1) is 6.07 Å². The van der Waals surface area contributed by atoms with Gasteiger partial charge in [-0.05, 0) is 24.5 Å². The van der Waals surface area contributed by atoms with Crippen LogP contribution in [-0.2, 0) is 0 Å².